The fourth-order valence-corrected chi connectivity index (χ4v) is 3.00. The highest BCUT2D eigenvalue weighted by atomic mass is 16.5. The van der Waals surface area contributed by atoms with Crippen molar-refractivity contribution in [2.24, 2.45) is 0 Å². The summed E-state index contributed by atoms with van der Waals surface area (Å²) in [6.07, 6.45) is 0. The van der Waals surface area contributed by atoms with Crippen LogP contribution in [0.25, 0.3) is 0 Å². The zero-order valence-corrected chi connectivity index (χ0v) is 16.2. The molecular weight excluding hydrogens is 370 g/mol. The van der Waals surface area contributed by atoms with Crippen LogP contribution in [-0.2, 0) is 11.3 Å². The third kappa shape index (κ3) is 4.74. The maximum atomic E-state index is 11.7. The van der Waals surface area contributed by atoms with E-state index >= 15 is 0 Å². The summed E-state index contributed by atoms with van der Waals surface area (Å²) >= 11 is 0. The number of hydrogen-bond acceptors (Lipinski definition) is 4. The Bertz CT molecular complexity index is 992. The van der Waals surface area contributed by atoms with E-state index < -0.39 is 12.1 Å². The highest BCUT2D eigenvalue weighted by molar-refractivity contribution is 6.04. The van der Waals surface area contributed by atoms with Crippen molar-refractivity contribution in [3.8, 4) is 17.6 Å². The number of nitrogens with zero attached hydrogens (tertiary/aromatic N) is 1. The van der Waals surface area contributed by atoms with Gasteiger partial charge in [0.05, 0.1) is 0 Å². The Kier molecular flexibility index (Phi) is 6.15. The highest BCUT2D eigenvalue weighted by Crippen LogP contribution is 2.25. The van der Waals surface area contributed by atoms with E-state index in [0.717, 1.165) is 16.7 Å². The summed E-state index contributed by atoms with van der Waals surface area (Å²) in [7, 11) is 1.80. The van der Waals surface area contributed by atoms with Gasteiger partial charge in [0.15, 0.2) is 0 Å². The Balaban J connectivity index is 0.000000169. The Hall–Kier alpha value is -3.79. The van der Waals surface area contributed by atoms with E-state index in [1.165, 1.54) is 0 Å². The Morgan fingerprint density at radius 1 is 1.14 bits per heavy atom. The minimum atomic E-state index is -0.534. The van der Waals surface area contributed by atoms with Gasteiger partial charge in [-0.3, -0.25) is 14.9 Å². The number of rotatable bonds is 3. The van der Waals surface area contributed by atoms with Gasteiger partial charge in [-0.15, -0.1) is 5.92 Å². The molecule has 2 heterocycles. The topological polar surface area (TPSA) is 87.7 Å². The Labute approximate surface area is 169 Å². The number of fused-ring (bicyclic) bond motifs is 1. The minimum absolute atomic E-state index is 0.0574. The van der Waals surface area contributed by atoms with Gasteiger partial charge in [-0.1, -0.05) is 42.3 Å². The monoisotopic (exact) mass is 391 g/mol. The largest absolute Gasteiger partial charge is 0.481 e. The molecule has 1 unspecified atom stereocenters. The lowest BCUT2D eigenvalue weighted by molar-refractivity contribution is -0.120. The van der Waals surface area contributed by atoms with Crippen LogP contribution in [-0.4, -0.2) is 36.4 Å². The first-order valence-electron chi connectivity index (χ1n) is 9.06. The first kappa shape index (κ1) is 20.0. The first-order valence-corrected chi connectivity index (χ1v) is 9.06. The number of urea groups is 1. The molecule has 2 aliphatic heterocycles. The molecule has 0 aromatic heterocycles. The number of amides is 4. The lowest BCUT2D eigenvalue weighted by Gasteiger charge is -2.05. The fourth-order valence-electron chi connectivity index (χ4n) is 3.00. The molecule has 4 amide bonds. The van der Waals surface area contributed by atoms with Crippen molar-refractivity contribution < 1.29 is 19.1 Å². The SMILES string of the molecule is CC#CCOc1ccc2c(c1)C(=O)N(C)C2.O=C1NC(=O)C(c2ccccc2)N1. The maximum absolute atomic E-state index is 11.7. The molecule has 2 aliphatic rings. The van der Waals surface area contributed by atoms with Gasteiger partial charge in [-0.25, -0.2) is 4.79 Å². The van der Waals surface area contributed by atoms with Gasteiger partial charge in [-0.2, -0.15) is 0 Å². The molecule has 29 heavy (non-hydrogen) atoms. The average molecular weight is 391 g/mol. The Morgan fingerprint density at radius 3 is 2.55 bits per heavy atom. The van der Waals surface area contributed by atoms with E-state index in [4.69, 9.17) is 4.74 Å². The van der Waals surface area contributed by atoms with Crippen molar-refractivity contribution in [1.82, 2.24) is 15.5 Å². The molecule has 0 spiro atoms. The van der Waals surface area contributed by atoms with Crippen molar-refractivity contribution >= 4 is 17.8 Å². The summed E-state index contributed by atoms with van der Waals surface area (Å²) in [5.74, 6) is 6.03. The summed E-state index contributed by atoms with van der Waals surface area (Å²) in [6.45, 7) is 2.81. The molecule has 2 N–H and O–H groups in total. The summed E-state index contributed by atoms with van der Waals surface area (Å²) in [6, 6.07) is 13.8. The predicted octanol–water partition coefficient (Wildman–Crippen LogP) is 2.24. The van der Waals surface area contributed by atoms with E-state index in [2.05, 4.69) is 22.5 Å². The van der Waals surface area contributed by atoms with Gasteiger partial charge < -0.3 is 15.0 Å². The van der Waals surface area contributed by atoms with Crippen LogP contribution in [0.15, 0.2) is 48.5 Å². The smallest absolute Gasteiger partial charge is 0.322 e. The van der Waals surface area contributed by atoms with Crippen molar-refractivity contribution in [1.29, 1.82) is 0 Å². The number of carbonyl (C=O) groups excluding carboxylic acids is 3. The molecule has 1 saturated heterocycles. The molecule has 0 saturated carbocycles. The second-order valence-electron chi connectivity index (χ2n) is 6.50. The number of imide groups is 1. The van der Waals surface area contributed by atoms with E-state index in [0.29, 0.717) is 18.9 Å². The Morgan fingerprint density at radius 2 is 1.90 bits per heavy atom. The number of hydrogen-bond donors (Lipinski definition) is 2. The van der Waals surface area contributed by atoms with Crippen LogP contribution in [0, 0.1) is 11.8 Å². The second-order valence-corrected chi connectivity index (χ2v) is 6.50. The van der Waals surface area contributed by atoms with E-state index in [9.17, 15) is 14.4 Å². The molecule has 2 aromatic carbocycles. The zero-order chi connectivity index (χ0) is 20.8. The standard InChI is InChI=1S/C13H13NO2.C9H8N2O2/c1-3-4-7-16-11-6-5-10-9-14(2)13(15)12(10)8-11;12-8-7(10-9(13)11-8)6-4-2-1-3-5-6/h5-6,8H,7,9H2,1-2H3;1-5,7H,(H2,10,11,12,13). The van der Waals surface area contributed by atoms with Gasteiger partial charge in [0, 0.05) is 19.2 Å². The maximum Gasteiger partial charge on any atom is 0.322 e. The van der Waals surface area contributed by atoms with Crippen LogP contribution < -0.4 is 15.4 Å². The van der Waals surface area contributed by atoms with E-state index in [1.807, 2.05) is 30.3 Å². The van der Waals surface area contributed by atoms with Crippen molar-refractivity contribution in [3.05, 3.63) is 65.2 Å². The molecule has 148 valence electrons. The lowest BCUT2D eigenvalue weighted by atomic mass is 10.1. The van der Waals surface area contributed by atoms with Crippen LogP contribution >= 0.6 is 0 Å². The summed E-state index contributed by atoms with van der Waals surface area (Å²) in [5.41, 5.74) is 2.59. The van der Waals surface area contributed by atoms with Crippen molar-refractivity contribution in [2.75, 3.05) is 13.7 Å². The minimum Gasteiger partial charge on any atom is -0.481 e. The molecular formula is C22H21N3O4. The van der Waals surface area contributed by atoms with Gasteiger partial charge in [-0.05, 0) is 30.2 Å². The number of carbonyl (C=O) groups is 3. The van der Waals surface area contributed by atoms with Crippen molar-refractivity contribution in [3.63, 3.8) is 0 Å². The molecule has 7 nitrogen and oxygen atoms in total. The van der Waals surface area contributed by atoms with E-state index in [1.54, 1.807) is 37.1 Å². The number of benzene rings is 2. The molecule has 1 fully saturated rings. The predicted molar refractivity (Wildman–Crippen MR) is 107 cm³/mol. The summed E-state index contributed by atoms with van der Waals surface area (Å²) < 4.78 is 5.41. The van der Waals surface area contributed by atoms with Crippen LogP contribution in [0.1, 0.15) is 34.5 Å². The van der Waals surface area contributed by atoms with Crippen LogP contribution in [0.3, 0.4) is 0 Å². The summed E-state index contributed by atoms with van der Waals surface area (Å²) in [5, 5.41) is 4.70. The van der Waals surface area contributed by atoms with Gasteiger partial charge >= 0.3 is 6.03 Å². The molecule has 2 aromatic rings. The third-order valence-electron chi connectivity index (χ3n) is 4.46. The lowest BCUT2D eigenvalue weighted by Crippen LogP contribution is -2.22. The van der Waals surface area contributed by atoms with Gasteiger partial charge in [0.25, 0.3) is 11.8 Å². The van der Waals surface area contributed by atoms with Crippen LogP contribution in [0.4, 0.5) is 4.79 Å². The van der Waals surface area contributed by atoms with Crippen molar-refractivity contribution in [2.45, 2.75) is 19.5 Å². The number of nitrogens with one attached hydrogen (secondary N) is 2. The molecule has 4 rings (SSSR count). The quantitative estimate of drug-likeness (QED) is 0.621. The highest BCUT2D eigenvalue weighted by Gasteiger charge is 2.30. The van der Waals surface area contributed by atoms with E-state index in [-0.39, 0.29) is 11.8 Å². The first-order chi connectivity index (χ1) is 14.0. The third-order valence-corrected chi connectivity index (χ3v) is 4.46. The molecule has 0 aliphatic carbocycles. The zero-order valence-electron chi connectivity index (χ0n) is 16.2. The second kappa shape index (κ2) is 8.93. The fraction of sp³-hybridized carbons (Fsp3) is 0.227. The molecule has 1 atom stereocenters. The molecule has 0 bridgehead atoms. The molecule has 7 heteroatoms. The van der Waals surface area contributed by atoms with Crippen LogP contribution in [0.2, 0.25) is 0 Å². The number of ether oxygens (including phenoxy) is 1. The van der Waals surface area contributed by atoms with Gasteiger partial charge in [0.1, 0.15) is 18.4 Å². The molecule has 0 radical (unpaired) electrons. The normalized spacial score (nSPS) is 16.7. The summed E-state index contributed by atoms with van der Waals surface area (Å²) in [4.78, 5) is 35.4. The average Bonchev–Trinajstić information content (AvgIpc) is 3.21. The van der Waals surface area contributed by atoms with Gasteiger partial charge in [0.2, 0.25) is 0 Å². The van der Waals surface area contributed by atoms with Crippen LogP contribution in [0.5, 0.6) is 5.75 Å².